The number of hydrogen-bond acceptors (Lipinski definition) is 1. The maximum atomic E-state index is 3.65. The van der Waals surface area contributed by atoms with E-state index in [1.807, 2.05) is 0 Å². The van der Waals surface area contributed by atoms with Crippen LogP contribution in [0.3, 0.4) is 0 Å². The first-order chi connectivity index (χ1) is 7.27. The summed E-state index contributed by atoms with van der Waals surface area (Å²) in [6.07, 6.45) is 5.32. The van der Waals surface area contributed by atoms with Crippen molar-refractivity contribution in [3.8, 4) is 0 Å². The Morgan fingerprint density at radius 1 is 1.27 bits per heavy atom. The van der Waals surface area contributed by atoms with E-state index in [0.29, 0.717) is 6.04 Å². The van der Waals surface area contributed by atoms with Crippen LogP contribution in [0.25, 0.3) is 0 Å². The van der Waals surface area contributed by atoms with Gasteiger partial charge in [-0.15, -0.1) is 0 Å². The molecule has 2 heteroatoms. The summed E-state index contributed by atoms with van der Waals surface area (Å²) in [4.78, 5) is 0. The van der Waals surface area contributed by atoms with Gasteiger partial charge in [-0.2, -0.15) is 0 Å². The Balaban J connectivity index is 2.22. The molecule has 1 saturated heterocycles. The summed E-state index contributed by atoms with van der Waals surface area (Å²) >= 11 is 3.55. The van der Waals surface area contributed by atoms with E-state index in [4.69, 9.17) is 0 Å². The highest BCUT2D eigenvalue weighted by Gasteiger charge is 2.15. The van der Waals surface area contributed by atoms with Gasteiger partial charge in [-0.05, 0) is 49.6 Å². The number of nitrogens with one attached hydrogen (secondary N) is 1. The minimum Gasteiger partial charge on any atom is -0.310 e. The van der Waals surface area contributed by atoms with Crippen molar-refractivity contribution in [1.82, 2.24) is 5.32 Å². The molecule has 82 valence electrons. The molecule has 1 N–H and O–H groups in total. The highest BCUT2D eigenvalue weighted by atomic mass is 79.9. The molecule has 0 aliphatic carbocycles. The molecule has 1 unspecified atom stereocenters. The lowest BCUT2D eigenvalue weighted by Gasteiger charge is -2.18. The molecule has 0 bridgehead atoms. The van der Waals surface area contributed by atoms with Crippen LogP contribution in [-0.4, -0.2) is 6.54 Å². The van der Waals surface area contributed by atoms with Crippen molar-refractivity contribution < 1.29 is 0 Å². The summed E-state index contributed by atoms with van der Waals surface area (Å²) in [5.41, 5.74) is 2.86. The first-order valence-electron chi connectivity index (χ1n) is 5.77. The monoisotopic (exact) mass is 267 g/mol. The van der Waals surface area contributed by atoms with Gasteiger partial charge in [-0.3, -0.25) is 0 Å². The lowest BCUT2D eigenvalue weighted by Crippen LogP contribution is -2.21. The molecule has 2 rings (SSSR count). The normalized spacial score (nSPS) is 22.4. The topological polar surface area (TPSA) is 12.0 Å². The number of rotatable bonds is 1. The van der Waals surface area contributed by atoms with Gasteiger partial charge in [0, 0.05) is 10.5 Å². The number of aryl methyl sites for hydroxylation is 1. The molecule has 0 amide bonds. The van der Waals surface area contributed by atoms with E-state index in [1.54, 1.807) is 0 Å². The first-order valence-corrected chi connectivity index (χ1v) is 6.56. The maximum absolute atomic E-state index is 3.65. The van der Waals surface area contributed by atoms with Crippen molar-refractivity contribution in [1.29, 1.82) is 0 Å². The summed E-state index contributed by atoms with van der Waals surface area (Å²) in [6.45, 7) is 3.37. The molecule has 1 aliphatic heterocycles. The van der Waals surface area contributed by atoms with Crippen molar-refractivity contribution >= 4 is 15.9 Å². The Morgan fingerprint density at radius 3 is 3.00 bits per heavy atom. The zero-order chi connectivity index (χ0) is 10.7. The molecular formula is C13H18BrN. The van der Waals surface area contributed by atoms with Crippen molar-refractivity contribution in [3.05, 3.63) is 33.8 Å². The van der Waals surface area contributed by atoms with Crippen LogP contribution in [0, 0.1) is 6.92 Å². The third kappa shape index (κ3) is 2.82. The molecule has 1 atom stereocenters. The summed E-state index contributed by atoms with van der Waals surface area (Å²) in [5.74, 6) is 0. The van der Waals surface area contributed by atoms with Crippen LogP contribution in [0.5, 0.6) is 0 Å². The summed E-state index contributed by atoms with van der Waals surface area (Å²) in [7, 11) is 0. The van der Waals surface area contributed by atoms with Gasteiger partial charge >= 0.3 is 0 Å². The molecule has 0 aromatic heterocycles. The van der Waals surface area contributed by atoms with Crippen LogP contribution < -0.4 is 5.32 Å². The van der Waals surface area contributed by atoms with Crippen LogP contribution in [0.15, 0.2) is 22.7 Å². The molecule has 0 radical (unpaired) electrons. The quantitative estimate of drug-likeness (QED) is 0.812. The van der Waals surface area contributed by atoms with Gasteiger partial charge in [0.25, 0.3) is 0 Å². The fraction of sp³-hybridized carbons (Fsp3) is 0.538. The Bertz CT molecular complexity index is 327. The van der Waals surface area contributed by atoms with Gasteiger partial charge in [-0.25, -0.2) is 0 Å². The highest BCUT2D eigenvalue weighted by Crippen LogP contribution is 2.27. The lowest BCUT2D eigenvalue weighted by atomic mass is 9.98. The van der Waals surface area contributed by atoms with Gasteiger partial charge in [0.1, 0.15) is 0 Å². The average Bonchev–Trinajstić information content (AvgIpc) is 2.50. The van der Waals surface area contributed by atoms with Crippen LogP contribution in [0.4, 0.5) is 0 Å². The second-order valence-corrected chi connectivity index (χ2v) is 5.27. The van der Waals surface area contributed by atoms with Gasteiger partial charge in [0.05, 0.1) is 0 Å². The van der Waals surface area contributed by atoms with E-state index in [-0.39, 0.29) is 0 Å². The van der Waals surface area contributed by atoms with E-state index in [9.17, 15) is 0 Å². The third-order valence-electron chi connectivity index (χ3n) is 3.18. The smallest absolute Gasteiger partial charge is 0.0323 e. The van der Waals surface area contributed by atoms with Crippen LogP contribution in [0.2, 0.25) is 0 Å². The van der Waals surface area contributed by atoms with Crippen molar-refractivity contribution in [3.63, 3.8) is 0 Å². The number of hydrogen-bond donors (Lipinski definition) is 1. The Morgan fingerprint density at radius 2 is 2.13 bits per heavy atom. The predicted octanol–water partition coefficient (Wildman–Crippen LogP) is 3.96. The van der Waals surface area contributed by atoms with Gasteiger partial charge in [0.2, 0.25) is 0 Å². The van der Waals surface area contributed by atoms with Crippen LogP contribution >= 0.6 is 15.9 Å². The predicted molar refractivity (Wildman–Crippen MR) is 68.1 cm³/mol. The largest absolute Gasteiger partial charge is 0.310 e. The molecule has 15 heavy (non-hydrogen) atoms. The third-order valence-corrected chi connectivity index (χ3v) is 3.67. The summed E-state index contributed by atoms with van der Waals surface area (Å²) < 4.78 is 1.19. The molecule has 1 aromatic rings. The molecule has 0 spiro atoms. The fourth-order valence-electron chi connectivity index (χ4n) is 2.28. The number of halogens is 1. The second kappa shape index (κ2) is 5.13. The second-order valence-electron chi connectivity index (χ2n) is 4.36. The Hall–Kier alpha value is -0.340. The molecular weight excluding hydrogens is 250 g/mol. The minimum absolute atomic E-state index is 0.560. The lowest BCUT2D eigenvalue weighted by molar-refractivity contribution is 0.532. The van der Waals surface area contributed by atoms with E-state index in [2.05, 4.69) is 46.4 Å². The van der Waals surface area contributed by atoms with Crippen molar-refractivity contribution in [2.75, 3.05) is 6.54 Å². The highest BCUT2D eigenvalue weighted by molar-refractivity contribution is 9.10. The molecule has 0 saturated carbocycles. The molecule has 1 aliphatic rings. The van der Waals surface area contributed by atoms with Crippen LogP contribution in [0.1, 0.15) is 42.9 Å². The van der Waals surface area contributed by atoms with Gasteiger partial charge in [0.15, 0.2) is 0 Å². The summed E-state index contributed by atoms with van der Waals surface area (Å²) in [5, 5.41) is 3.65. The standard InChI is InChI=1S/C13H18BrN/c1-10-6-7-11(14)9-12(10)13-5-3-2-4-8-15-13/h6-7,9,13,15H,2-5,8H2,1H3. The summed E-state index contributed by atoms with van der Waals surface area (Å²) in [6, 6.07) is 7.14. The Labute approximate surface area is 100 Å². The van der Waals surface area contributed by atoms with Gasteiger partial charge in [-0.1, -0.05) is 34.8 Å². The molecule has 1 fully saturated rings. The molecule has 1 nitrogen and oxygen atoms in total. The minimum atomic E-state index is 0.560. The Kier molecular flexibility index (Phi) is 3.81. The zero-order valence-corrected chi connectivity index (χ0v) is 10.8. The van der Waals surface area contributed by atoms with E-state index in [1.165, 1.54) is 41.3 Å². The SMILES string of the molecule is Cc1ccc(Br)cc1C1CCCCCN1. The van der Waals surface area contributed by atoms with Crippen LogP contribution in [-0.2, 0) is 0 Å². The molecule has 1 heterocycles. The zero-order valence-electron chi connectivity index (χ0n) is 9.22. The van der Waals surface area contributed by atoms with E-state index >= 15 is 0 Å². The molecule has 1 aromatic carbocycles. The van der Waals surface area contributed by atoms with Gasteiger partial charge < -0.3 is 5.32 Å². The number of benzene rings is 1. The van der Waals surface area contributed by atoms with E-state index in [0.717, 1.165) is 6.54 Å². The van der Waals surface area contributed by atoms with Crippen molar-refractivity contribution in [2.45, 2.75) is 38.6 Å². The fourth-order valence-corrected chi connectivity index (χ4v) is 2.66. The maximum Gasteiger partial charge on any atom is 0.0323 e. The first kappa shape index (κ1) is 11.2. The van der Waals surface area contributed by atoms with Crippen molar-refractivity contribution in [2.24, 2.45) is 0 Å². The van der Waals surface area contributed by atoms with E-state index < -0.39 is 0 Å². The average molecular weight is 268 g/mol.